The van der Waals surface area contributed by atoms with Crippen molar-refractivity contribution >= 4 is 41.1 Å². The average molecular weight is 352 g/mol. The summed E-state index contributed by atoms with van der Waals surface area (Å²) in [6.07, 6.45) is 1.46. The Morgan fingerprint density at radius 1 is 1.43 bits per heavy atom. The summed E-state index contributed by atoms with van der Waals surface area (Å²) in [4.78, 5) is 11.0. The van der Waals surface area contributed by atoms with E-state index in [9.17, 15) is 4.79 Å². The molecule has 2 rings (SSSR count). The highest BCUT2D eigenvalue weighted by atomic mass is 35.5. The van der Waals surface area contributed by atoms with Gasteiger partial charge in [-0.3, -0.25) is 5.43 Å². The Balaban J connectivity index is 2.16. The zero-order chi connectivity index (χ0) is 16.8. The number of thiocarbonyl (C=S) groups is 1. The molecule has 8 heteroatoms. The van der Waals surface area contributed by atoms with Gasteiger partial charge in [0.25, 0.3) is 0 Å². The summed E-state index contributed by atoms with van der Waals surface area (Å²) >= 11 is 11.1. The van der Waals surface area contributed by atoms with Gasteiger partial charge in [0.1, 0.15) is 11.5 Å². The SMILES string of the molecule is CCNC(=S)N/N=C/c1ccc(-c2cc(C(=O)O)ccc2Cl)o1. The van der Waals surface area contributed by atoms with Gasteiger partial charge in [0.2, 0.25) is 0 Å². The summed E-state index contributed by atoms with van der Waals surface area (Å²) in [7, 11) is 0. The van der Waals surface area contributed by atoms with Crippen molar-refractivity contribution in [3.05, 3.63) is 46.7 Å². The van der Waals surface area contributed by atoms with E-state index < -0.39 is 5.97 Å². The number of nitrogens with one attached hydrogen (secondary N) is 2. The van der Waals surface area contributed by atoms with Crippen LogP contribution in [0.15, 0.2) is 39.9 Å². The zero-order valence-electron chi connectivity index (χ0n) is 12.2. The van der Waals surface area contributed by atoms with Gasteiger partial charge >= 0.3 is 5.97 Å². The number of benzene rings is 1. The lowest BCUT2D eigenvalue weighted by molar-refractivity contribution is 0.0697. The van der Waals surface area contributed by atoms with E-state index in [2.05, 4.69) is 15.8 Å². The third-order valence-corrected chi connectivity index (χ3v) is 3.37. The van der Waals surface area contributed by atoms with Gasteiger partial charge in [0.05, 0.1) is 16.8 Å². The molecule has 0 aliphatic carbocycles. The number of halogens is 1. The second-order valence-corrected chi connectivity index (χ2v) is 5.25. The first kappa shape index (κ1) is 17.0. The molecule has 6 nitrogen and oxygen atoms in total. The van der Waals surface area contributed by atoms with Gasteiger partial charge in [-0.1, -0.05) is 11.6 Å². The van der Waals surface area contributed by atoms with Crippen molar-refractivity contribution in [1.29, 1.82) is 0 Å². The minimum atomic E-state index is -1.03. The van der Waals surface area contributed by atoms with Crippen molar-refractivity contribution in [1.82, 2.24) is 10.7 Å². The van der Waals surface area contributed by atoms with Crippen molar-refractivity contribution in [2.75, 3.05) is 6.54 Å². The molecule has 1 aromatic heterocycles. The first-order valence-electron chi connectivity index (χ1n) is 6.71. The Morgan fingerprint density at radius 3 is 2.91 bits per heavy atom. The van der Waals surface area contributed by atoms with E-state index in [1.165, 1.54) is 24.4 Å². The Morgan fingerprint density at radius 2 is 2.22 bits per heavy atom. The highest BCUT2D eigenvalue weighted by Crippen LogP contribution is 2.30. The van der Waals surface area contributed by atoms with Crippen molar-refractivity contribution in [3.63, 3.8) is 0 Å². The predicted octanol–water partition coefficient (Wildman–Crippen LogP) is 3.12. The van der Waals surface area contributed by atoms with Gasteiger partial charge in [0.15, 0.2) is 5.11 Å². The Bertz CT molecular complexity index is 758. The largest absolute Gasteiger partial charge is 0.478 e. The number of carbonyl (C=O) groups is 1. The number of hydrogen-bond donors (Lipinski definition) is 3. The molecule has 0 aliphatic rings. The highest BCUT2D eigenvalue weighted by Gasteiger charge is 2.12. The van der Waals surface area contributed by atoms with Gasteiger partial charge in [-0.05, 0) is 49.5 Å². The zero-order valence-corrected chi connectivity index (χ0v) is 13.7. The van der Waals surface area contributed by atoms with E-state index in [4.69, 9.17) is 33.3 Å². The number of hydrazone groups is 1. The van der Waals surface area contributed by atoms with E-state index in [0.29, 0.717) is 33.8 Å². The molecule has 0 atom stereocenters. The monoisotopic (exact) mass is 351 g/mol. The summed E-state index contributed by atoms with van der Waals surface area (Å²) in [6, 6.07) is 7.80. The molecule has 1 aromatic carbocycles. The molecule has 2 aromatic rings. The van der Waals surface area contributed by atoms with Crippen LogP contribution in [-0.4, -0.2) is 28.9 Å². The number of rotatable bonds is 5. The fraction of sp³-hybridized carbons (Fsp3) is 0.133. The van der Waals surface area contributed by atoms with Crippen LogP contribution in [0.5, 0.6) is 0 Å². The fourth-order valence-electron chi connectivity index (χ4n) is 1.77. The predicted molar refractivity (Wildman–Crippen MR) is 93.1 cm³/mol. The molecule has 0 fully saturated rings. The molecule has 0 bridgehead atoms. The van der Waals surface area contributed by atoms with Crippen LogP contribution in [0.25, 0.3) is 11.3 Å². The van der Waals surface area contributed by atoms with Crippen molar-refractivity contribution in [2.24, 2.45) is 5.10 Å². The second-order valence-electron chi connectivity index (χ2n) is 4.43. The standard InChI is InChI=1S/C15H14ClN3O3S/c1-2-17-15(23)19-18-8-10-4-6-13(22-10)11-7-9(14(20)21)3-5-12(11)16/h3-8H,2H2,1H3,(H,20,21)(H2,17,19,23)/b18-8+. The second kappa shape index (κ2) is 7.75. The summed E-state index contributed by atoms with van der Waals surface area (Å²) in [5, 5.41) is 16.7. The normalized spacial score (nSPS) is 10.7. The van der Waals surface area contributed by atoms with E-state index in [1.807, 2.05) is 6.92 Å². The van der Waals surface area contributed by atoms with Gasteiger partial charge in [-0.15, -0.1) is 0 Å². The Hall–Kier alpha value is -2.38. The lowest BCUT2D eigenvalue weighted by Gasteiger charge is -2.03. The molecule has 0 saturated carbocycles. The number of carboxylic acid groups (broad SMARTS) is 1. The molecule has 0 radical (unpaired) electrons. The summed E-state index contributed by atoms with van der Waals surface area (Å²) in [5.41, 5.74) is 3.28. The maximum absolute atomic E-state index is 11.0. The van der Waals surface area contributed by atoms with Crippen LogP contribution in [0.4, 0.5) is 0 Å². The Kier molecular flexibility index (Phi) is 5.72. The molecule has 0 amide bonds. The molecule has 3 N–H and O–H groups in total. The molecule has 1 heterocycles. The molecule has 23 heavy (non-hydrogen) atoms. The summed E-state index contributed by atoms with van der Waals surface area (Å²) < 4.78 is 5.60. The molecule has 120 valence electrons. The summed E-state index contributed by atoms with van der Waals surface area (Å²) in [5.74, 6) is -0.102. The lowest BCUT2D eigenvalue weighted by Crippen LogP contribution is -2.31. The number of hydrogen-bond acceptors (Lipinski definition) is 4. The van der Waals surface area contributed by atoms with E-state index in [0.717, 1.165) is 0 Å². The number of aromatic carboxylic acids is 1. The third-order valence-electron chi connectivity index (χ3n) is 2.80. The van der Waals surface area contributed by atoms with Gasteiger partial charge in [-0.25, -0.2) is 4.79 Å². The van der Waals surface area contributed by atoms with Crippen molar-refractivity contribution < 1.29 is 14.3 Å². The van der Waals surface area contributed by atoms with E-state index >= 15 is 0 Å². The van der Waals surface area contributed by atoms with Gasteiger partial charge in [0, 0.05) is 12.1 Å². The minimum absolute atomic E-state index is 0.133. The first-order chi connectivity index (χ1) is 11.0. The van der Waals surface area contributed by atoms with Gasteiger partial charge in [-0.2, -0.15) is 5.10 Å². The molecule has 0 spiro atoms. The highest BCUT2D eigenvalue weighted by molar-refractivity contribution is 7.80. The lowest BCUT2D eigenvalue weighted by atomic mass is 10.1. The molecular weight excluding hydrogens is 338 g/mol. The number of nitrogens with zero attached hydrogens (tertiary/aromatic N) is 1. The smallest absolute Gasteiger partial charge is 0.335 e. The number of furan rings is 1. The molecule has 0 aliphatic heterocycles. The van der Waals surface area contributed by atoms with E-state index in [1.54, 1.807) is 12.1 Å². The van der Waals surface area contributed by atoms with Crippen molar-refractivity contribution in [3.8, 4) is 11.3 Å². The van der Waals surface area contributed by atoms with Crippen LogP contribution in [0.1, 0.15) is 23.0 Å². The summed E-state index contributed by atoms with van der Waals surface area (Å²) in [6.45, 7) is 2.62. The molecule has 0 saturated heterocycles. The van der Waals surface area contributed by atoms with Crippen LogP contribution in [0.2, 0.25) is 5.02 Å². The quantitative estimate of drug-likeness (QED) is 0.436. The minimum Gasteiger partial charge on any atom is -0.478 e. The topological polar surface area (TPSA) is 86.9 Å². The number of carboxylic acids is 1. The average Bonchev–Trinajstić information content (AvgIpc) is 2.96. The maximum atomic E-state index is 11.0. The van der Waals surface area contributed by atoms with Crippen LogP contribution in [0, 0.1) is 0 Å². The van der Waals surface area contributed by atoms with Crippen LogP contribution in [0.3, 0.4) is 0 Å². The van der Waals surface area contributed by atoms with E-state index in [-0.39, 0.29) is 5.56 Å². The van der Waals surface area contributed by atoms with Crippen LogP contribution < -0.4 is 10.7 Å². The molecular formula is C15H14ClN3O3S. The Labute approximate surface area is 143 Å². The van der Waals surface area contributed by atoms with Crippen molar-refractivity contribution in [2.45, 2.75) is 6.92 Å². The third kappa shape index (κ3) is 4.54. The van der Waals surface area contributed by atoms with Crippen LogP contribution in [-0.2, 0) is 0 Å². The first-order valence-corrected chi connectivity index (χ1v) is 7.50. The fourth-order valence-corrected chi connectivity index (χ4v) is 2.18. The molecule has 0 unspecified atom stereocenters. The van der Waals surface area contributed by atoms with Gasteiger partial charge < -0.3 is 14.8 Å². The van der Waals surface area contributed by atoms with Crippen LogP contribution >= 0.6 is 23.8 Å². The maximum Gasteiger partial charge on any atom is 0.335 e.